The number of hydrogen-bond donors (Lipinski definition) is 1. The van der Waals surface area contributed by atoms with E-state index in [9.17, 15) is 14.4 Å². The van der Waals surface area contributed by atoms with Gasteiger partial charge in [0.25, 0.3) is 5.91 Å². The van der Waals surface area contributed by atoms with Crippen LogP contribution in [0.2, 0.25) is 0 Å². The molecule has 1 aliphatic carbocycles. The fourth-order valence-electron chi connectivity index (χ4n) is 5.80. The molecular weight excluding hydrogens is 476 g/mol. The van der Waals surface area contributed by atoms with Crippen LogP contribution in [-0.4, -0.2) is 66.8 Å². The number of carbonyl (C=O) groups is 3. The molecule has 7 nitrogen and oxygen atoms in total. The van der Waals surface area contributed by atoms with Gasteiger partial charge in [0.05, 0.1) is 11.5 Å². The van der Waals surface area contributed by atoms with Crippen molar-refractivity contribution in [2.45, 2.75) is 58.8 Å². The lowest BCUT2D eigenvalue weighted by Crippen LogP contribution is -2.50. The van der Waals surface area contributed by atoms with E-state index >= 15 is 0 Å². The van der Waals surface area contributed by atoms with E-state index in [1.54, 1.807) is 0 Å². The Bertz CT molecular complexity index is 1100. The molecule has 0 bridgehead atoms. The fourth-order valence-corrected chi connectivity index (χ4v) is 5.80. The summed E-state index contributed by atoms with van der Waals surface area (Å²) in [5.74, 6) is 0.112. The zero-order chi connectivity index (χ0) is 27.1. The van der Waals surface area contributed by atoms with Gasteiger partial charge in [0.2, 0.25) is 11.8 Å². The molecule has 1 heterocycles. The average molecular weight is 519 g/mol. The Kier molecular flexibility index (Phi) is 9.43. The van der Waals surface area contributed by atoms with Crippen LogP contribution in [0.25, 0.3) is 0 Å². The summed E-state index contributed by atoms with van der Waals surface area (Å²) in [5, 5.41) is 3.06. The van der Waals surface area contributed by atoms with Crippen molar-refractivity contribution in [3.8, 4) is 0 Å². The molecule has 204 valence electrons. The molecule has 0 radical (unpaired) electrons. The first-order chi connectivity index (χ1) is 18.5. The van der Waals surface area contributed by atoms with Gasteiger partial charge >= 0.3 is 0 Å². The van der Waals surface area contributed by atoms with Crippen molar-refractivity contribution >= 4 is 29.1 Å². The third kappa shape index (κ3) is 6.20. The minimum Gasteiger partial charge on any atom is -0.367 e. The van der Waals surface area contributed by atoms with Gasteiger partial charge in [-0.25, -0.2) is 0 Å². The van der Waals surface area contributed by atoms with Crippen molar-refractivity contribution in [1.82, 2.24) is 9.80 Å². The summed E-state index contributed by atoms with van der Waals surface area (Å²) >= 11 is 0. The molecule has 7 heteroatoms. The van der Waals surface area contributed by atoms with Crippen LogP contribution < -0.4 is 10.2 Å². The van der Waals surface area contributed by atoms with Gasteiger partial charge in [-0.3, -0.25) is 14.4 Å². The number of amides is 3. The first-order valence-corrected chi connectivity index (χ1v) is 14.3. The number of anilines is 2. The molecule has 2 aliphatic rings. The van der Waals surface area contributed by atoms with Crippen molar-refractivity contribution in [1.29, 1.82) is 0 Å². The topological polar surface area (TPSA) is 73.0 Å². The third-order valence-corrected chi connectivity index (χ3v) is 8.11. The van der Waals surface area contributed by atoms with E-state index in [-0.39, 0.29) is 29.6 Å². The fraction of sp³-hybridized carbons (Fsp3) is 0.516. The quantitative estimate of drug-likeness (QED) is 0.499. The summed E-state index contributed by atoms with van der Waals surface area (Å²) in [6.07, 6.45) is 4.82. The molecular formula is C31H42N4O3. The number of benzene rings is 2. The van der Waals surface area contributed by atoms with Crippen LogP contribution in [0.1, 0.15) is 74.7 Å². The van der Waals surface area contributed by atoms with Gasteiger partial charge in [0.1, 0.15) is 0 Å². The van der Waals surface area contributed by atoms with E-state index < -0.39 is 0 Å². The van der Waals surface area contributed by atoms with Crippen LogP contribution in [0.5, 0.6) is 0 Å². The Hall–Kier alpha value is -3.35. The molecule has 3 amide bonds. The van der Waals surface area contributed by atoms with Crippen molar-refractivity contribution in [3.63, 3.8) is 0 Å². The zero-order valence-corrected chi connectivity index (χ0v) is 23.1. The summed E-state index contributed by atoms with van der Waals surface area (Å²) < 4.78 is 0. The van der Waals surface area contributed by atoms with Gasteiger partial charge < -0.3 is 20.0 Å². The number of nitrogens with zero attached hydrogens (tertiary/aromatic N) is 3. The van der Waals surface area contributed by atoms with Crippen LogP contribution in [-0.2, 0) is 9.59 Å². The standard InChI is InChI=1S/C31H42N4O3/c1-4-26(23-12-8-7-9-13-23)30(37)35-20-18-34(19-21-35)28-17-16-25(32-29(36)24-14-10-11-15-24)22-27(28)31(38)33(5-2)6-3/h7-9,12-13,16-17,22,24,26H,4-6,10-11,14-15,18-21H2,1-3H3,(H,32,36)/t26-/m0/s1. The minimum atomic E-state index is -0.134. The summed E-state index contributed by atoms with van der Waals surface area (Å²) in [5.41, 5.74) is 3.20. The predicted molar refractivity (Wildman–Crippen MR) is 153 cm³/mol. The summed E-state index contributed by atoms with van der Waals surface area (Å²) in [6, 6.07) is 15.7. The molecule has 1 saturated heterocycles. The monoisotopic (exact) mass is 518 g/mol. The van der Waals surface area contributed by atoms with Crippen molar-refractivity contribution in [3.05, 3.63) is 59.7 Å². The number of carbonyl (C=O) groups excluding carboxylic acids is 3. The van der Waals surface area contributed by atoms with Crippen LogP contribution in [0.15, 0.2) is 48.5 Å². The van der Waals surface area contributed by atoms with Crippen molar-refractivity contribution < 1.29 is 14.4 Å². The van der Waals surface area contributed by atoms with Crippen LogP contribution in [0, 0.1) is 5.92 Å². The maximum atomic E-state index is 13.5. The van der Waals surface area contributed by atoms with Gasteiger partial charge in [-0.05, 0) is 56.9 Å². The Morgan fingerprint density at radius 3 is 2.18 bits per heavy atom. The highest BCUT2D eigenvalue weighted by molar-refractivity contribution is 6.02. The second-order valence-electron chi connectivity index (χ2n) is 10.4. The SMILES string of the molecule is CC[C@H](C(=O)N1CCN(c2ccc(NC(=O)C3CCCC3)cc2C(=O)N(CC)CC)CC1)c1ccccc1. The Morgan fingerprint density at radius 1 is 0.921 bits per heavy atom. The normalized spacial score (nSPS) is 16.8. The highest BCUT2D eigenvalue weighted by Gasteiger charge is 2.30. The molecule has 2 aromatic carbocycles. The van der Waals surface area contributed by atoms with Crippen LogP contribution in [0.4, 0.5) is 11.4 Å². The third-order valence-electron chi connectivity index (χ3n) is 8.11. The number of nitrogens with one attached hydrogen (secondary N) is 1. The van der Waals surface area contributed by atoms with E-state index in [2.05, 4.69) is 17.1 Å². The highest BCUT2D eigenvalue weighted by Crippen LogP contribution is 2.30. The van der Waals surface area contributed by atoms with E-state index in [4.69, 9.17) is 0 Å². The van der Waals surface area contributed by atoms with Crippen LogP contribution in [0.3, 0.4) is 0 Å². The number of hydrogen-bond acceptors (Lipinski definition) is 4. The molecule has 38 heavy (non-hydrogen) atoms. The van der Waals surface area contributed by atoms with Gasteiger partial charge in [-0.2, -0.15) is 0 Å². The van der Waals surface area contributed by atoms with Gasteiger partial charge in [0, 0.05) is 56.6 Å². The molecule has 1 aliphatic heterocycles. The zero-order valence-electron chi connectivity index (χ0n) is 23.1. The molecule has 0 spiro atoms. The molecule has 4 rings (SSSR count). The lowest BCUT2D eigenvalue weighted by Gasteiger charge is -2.38. The largest absolute Gasteiger partial charge is 0.367 e. The van der Waals surface area contributed by atoms with Gasteiger partial charge in [0.15, 0.2) is 0 Å². The Labute approximate surface area is 227 Å². The first kappa shape index (κ1) is 27.7. The first-order valence-electron chi connectivity index (χ1n) is 14.3. The number of piperazine rings is 1. The van der Waals surface area contributed by atoms with E-state index in [0.29, 0.717) is 50.5 Å². The number of rotatable bonds is 9. The molecule has 2 aromatic rings. The van der Waals surface area contributed by atoms with Gasteiger partial charge in [-0.15, -0.1) is 0 Å². The van der Waals surface area contributed by atoms with E-state index in [1.165, 1.54) is 0 Å². The van der Waals surface area contributed by atoms with Crippen molar-refractivity contribution in [2.24, 2.45) is 5.92 Å². The molecule has 0 aromatic heterocycles. The minimum absolute atomic E-state index is 0.0319. The van der Waals surface area contributed by atoms with E-state index in [0.717, 1.165) is 43.4 Å². The lowest BCUT2D eigenvalue weighted by molar-refractivity contribution is -0.133. The molecule has 2 fully saturated rings. The summed E-state index contributed by atoms with van der Waals surface area (Å²) in [7, 11) is 0. The summed E-state index contributed by atoms with van der Waals surface area (Å²) in [4.78, 5) is 45.7. The maximum absolute atomic E-state index is 13.5. The second-order valence-corrected chi connectivity index (χ2v) is 10.4. The van der Waals surface area contributed by atoms with Crippen LogP contribution >= 0.6 is 0 Å². The average Bonchev–Trinajstić information content (AvgIpc) is 3.50. The molecule has 1 atom stereocenters. The lowest BCUT2D eigenvalue weighted by atomic mass is 9.94. The smallest absolute Gasteiger partial charge is 0.256 e. The Balaban J connectivity index is 1.50. The highest BCUT2D eigenvalue weighted by atomic mass is 16.2. The Morgan fingerprint density at radius 2 is 1.58 bits per heavy atom. The maximum Gasteiger partial charge on any atom is 0.256 e. The molecule has 1 saturated carbocycles. The second kappa shape index (κ2) is 12.9. The predicted octanol–water partition coefficient (Wildman–Crippen LogP) is 5.14. The molecule has 1 N–H and O–H groups in total. The van der Waals surface area contributed by atoms with Gasteiger partial charge in [-0.1, -0.05) is 50.1 Å². The van der Waals surface area contributed by atoms with Crippen molar-refractivity contribution in [2.75, 3.05) is 49.5 Å². The molecule has 0 unspecified atom stereocenters. The van der Waals surface area contributed by atoms with E-state index in [1.807, 2.05) is 72.2 Å². The summed E-state index contributed by atoms with van der Waals surface area (Å²) in [6.45, 7) is 9.79.